The molecule has 0 saturated carbocycles. The van der Waals surface area contributed by atoms with Crippen molar-refractivity contribution in [1.82, 2.24) is 10.3 Å². The van der Waals surface area contributed by atoms with E-state index in [1.165, 1.54) is 37.9 Å². The van der Waals surface area contributed by atoms with Gasteiger partial charge < -0.3 is 35.0 Å². The molecule has 11 nitrogen and oxygen atoms in total. The lowest BCUT2D eigenvalue weighted by atomic mass is 9.93. The van der Waals surface area contributed by atoms with Gasteiger partial charge in [0.1, 0.15) is 11.6 Å². The van der Waals surface area contributed by atoms with Crippen LogP contribution in [0.1, 0.15) is 57.8 Å². The minimum absolute atomic E-state index is 0.0295. The van der Waals surface area contributed by atoms with Gasteiger partial charge in [-0.3, -0.25) is 14.4 Å². The fourth-order valence-electron chi connectivity index (χ4n) is 7.16. The average Bonchev–Trinajstić information content (AvgIpc) is 3.27. The first-order chi connectivity index (χ1) is 29.4. The zero-order valence-electron chi connectivity index (χ0n) is 34.8. The zero-order chi connectivity index (χ0) is 44.0. The second kappa shape index (κ2) is 27.1. The topological polar surface area (TPSA) is 133 Å². The van der Waals surface area contributed by atoms with Crippen molar-refractivity contribution in [3.8, 4) is 5.75 Å². The predicted octanol–water partition coefficient (Wildman–Crippen LogP) is 10.5. The molecule has 61 heavy (non-hydrogen) atoms. The fourth-order valence-corrected chi connectivity index (χ4v) is 7.81. The van der Waals surface area contributed by atoms with E-state index in [0.29, 0.717) is 42.8 Å². The molecule has 0 unspecified atom stereocenters. The number of hydrogen-bond donors (Lipinski definition) is 3. The minimum atomic E-state index is -0.0973. The Balaban J connectivity index is 0.000000194. The maximum absolute atomic E-state index is 12.1. The number of amides is 1. The number of nitrogens with one attached hydrogen (secondary N) is 2. The van der Waals surface area contributed by atoms with Gasteiger partial charge in [0.25, 0.3) is 0 Å². The van der Waals surface area contributed by atoms with Crippen LogP contribution in [0, 0.1) is 17.8 Å². The maximum Gasteiger partial charge on any atom is 0.305 e. The normalized spacial score (nSPS) is 15.7. The lowest BCUT2D eigenvalue weighted by Crippen LogP contribution is -2.34. The summed E-state index contributed by atoms with van der Waals surface area (Å²) in [5.74, 6) is 1.74. The van der Waals surface area contributed by atoms with Gasteiger partial charge in [0.2, 0.25) is 5.91 Å². The summed E-state index contributed by atoms with van der Waals surface area (Å²) >= 11 is 20.7. The Morgan fingerprint density at radius 1 is 0.656 bits per heavy atom. The van der Waals surface area contributed by atoms with E-state index in [2.05, 4.69) is 46.1 Å². The van der Waals surface area contributed by atoms with E-state index in [-0.39, 0.29) is 23.6 Å². The first kappa shape index (κ1) is 49.6. The lowest BCUT2D eigenvalue weighted by Gasteiger charge is -2.33. The summed E-state index contributed by atoms with van der Waals surface area (Å²) in [7, 11) is 2.90. The van der Waals surface area contributed by atoms with E-state index >= 15 is 0 Å². The Hall–Kier alpha value is -4.07. The van der Waals surface area contributed by atoms with E-state index in [1.54, 1.807) is 6.07 Å². The number of carbonyl (C=O) groups excluding carboxylic acids is 3. The van der Waals surface area contributed by atoms with Gasteiger partial charge in [-0.1, -0.05) is 50.7 Å². The van der Waals surface area contributed by atoms with Crippen LogP contribution in [-0.4, -0.2) is 81.4 Å². The number of carbonyl (C=O) groups is 3. The summed E-state index contributed by atoms with van der Waals surface area (Å²) in [4.78, 5) is 42.8. The Kier molecular flexibility index (Phi) is 22.0. The van der Waals surface area contributed by atoms with Gasteiger partial charge in [-0.25, -0.2) is 4.98 Å². The first-order valence-electron chi connectivity index (χ1n) is 20.6. The Bertz CT molecular complexity index is 1870. The molecule has 3 aromatic carbocycles. The summed E-state index contributed by atoms with van der Waals surface area (Å²) in [6.07, 6.45) is 9.22. The van der Waals surface area contributed by atoms with Crippen LogP contribution < -0.4 is 20.4 Å². The molecule has 3 N–H and O–H groups in total. The molecule has 0 radical (unpaired) electrons. The van der Waals surface area contributed by atoms with Crippen molar-refractivity contribution >= 4 is 85.8 Å². The van der Waals surface area contributed by atoms with Crippen molar-refractivity contribution < 1.29 is 29.0 Å². The molecule has 4 heterocycles. The van der Waals surface area contributed by atoms with Gasteiger partial charge in [-0.05, 0) is 154 Å². The zero-order valence-corrected chi connectivity index (χ0v) is 38.7. The third kappa shape index (κ3) is 19.2. The monoisotopic (exact) mass is 959 g/mol. The number of ether oxygens (including phenoxy) is 2. The van der Waals surface area contributed by atoms with Crippen LogP contribution in [-0.2, 0) is 23.9 Å². The molecule has 3 aliphatic rings. The number of rotatable bonds is 9. The SMILES string of the molecule is COC(=O)CC1CCN(c2ccc(Cl)cc2)CC1.COC(=O)CC1CCNCC1.Clc1ccc(Br)cc1.O=C(CC1CCN(c2ccc(Cl)cc2)CC1)Nc1ccc(O)cn1. The third-order valence-electron chi connectivity index (χ3n) is 10.7. The molecule has 0 spiro atoms. The highest BCUT2D eigenvalue weighted by molar-refractivity contribution is 9.10. The maximum atomic E-state index is 12.1. The highest BCUT2D eigenvalue weighted by Crippen LogP contribution is 2.28. The molecule has 0 bridgehead atoms. The molecule has 330 valence electrons. The van der Waals surface area contributed by atoms with Crippen LogP contribution in [0.15, 0.2) is 95.6 Å². The number of nitrogens with zero attached hydrogens (tertiary/aromatic N) is 3. The quantitative estimate of drug-likeness (QED) is 0.139. The number of benzene rings is 3. The highest BCUT2D eigenvalue weighted by Gasteiger charge is 2.23. The summed E-state index contributed by atoms with van der Waals surface area (Å²) < 4.78 is 10.4. The Morgan fingerprint density at radius 3 is 1.46 bits per heavy atom. The van der Waals surface area contributed by atoms with Crippen molar-refractivity contribution in [2.45, 2.75) is 57.8 Å². The molecule has 4 aromatic rings. The van der Waals surface area contributed by atoms with E-state index in [1.807, 2.05) is 72.8 Å². The molecule has 1 aromatic heterocycles. The molecular formula is C46H57BrCl3N5O6. The summed E-state index contributed by atoms with van der Waals surface area (Å²) in [6, 6.07) is 26.4. The molecule has 0 atom stereocenters. The Labute approximate surface area is 383 Å². The number of halogens is 4. The van der Waals surface area contributed by atoms with Crippen LogP contribution in [0.3, 0.4) is 0 Å². The van der Waals surface area contributed by atoms with Gasteiger partial charge in [-0.15, -0.1) is 0 Å². The van der Waals surface area contributed by atoms with Crippen LogP contribution >= 0.6 is 50.7 Å². The molecule has 7 rings (SSSR count). The highest BCUT2D eigenvalue weighted by atomic mass is 79.9. The van der Waals surface area contributed by atoms with Crippen LogP contribution in [0.25, 0.3) is 0 Å². The molecule has 0 aliphatic carbocycles. The second-order valence-corrected chi connectivity index (χ2v) is 17.4. The van der Waals surface area contributed by atoms with Gasteiger partial charge in [-0.2, -0.15) is 0 Å². The van der Waals surface area contributed by atoms with Gasteiger partial charge in [0, 0.05) is 76.4 Å². The number of methoxy groups -OCH3 is 2. The number of piperidine rings is 3. The number of esters is 2. The van der Waals surface area contributed by atoms with Crippen molar-refractivity contribution in [1.29, 1.82) is 0 Å². The standard InChI is InChI=1S/C18H20ClN3O2.C14H18ClNO2.C8H15NO2.C6H4BrCl/c19-14-1-3-15(4-2-14)22-9-7-13(8-10-22)11-18(24)21-17-6-5-16(23)12-20-17;1-18-14(17)10-11-6-8-16(9-7-11)13-4-2-12(15)3-5-13;1-11-8(10)6-7-2-4-9-5-3-7;7-5-1-3-6(8)4-2-5/h1-6,12-13,23H,7-11H2,(H,20,21,24);2-5,11H,6-10H2,1H3;7,9H,2-6H2,1H3;1-4H. The first-order valence-corrected chi connectivity index (χ1v) is 22.5. The van der Waals surface area contributed by atoms with E-state index in [0.717, 1.165) is 97.3 Å². The largest absolute Gasteiger partial charge is 0.506 e. The molecule has 3 aliphatic heterocycles. The number of anilines is 3. The van der Waals surface area contributed by atoms with Gasteiger partial charge in [0.15, 0.2) is 0 Å². The van der Waals surface area contributed by atoms with E-state index in [9.17, 15) is 19.5 Å². The molecule has 1 amide bonds. The van der Waals surface area contributed by atoms with Crippen molar-refractivity contribution in [2.24, 2.45) is 17.8 Å². The van der Waals surface area contributed by atoms with Crippen LogP contribution in [0.2, 0.25) is 15.1 Å². The minimum Gasteiger partial charge on any atom is -0.506 e. The molecular weight excluding hydrogens is 905 g/mol. The summed E-state index contributed by atoms with van der Waals surface area (Å²) in [5, 5.41) is 17.5. The summed E-state index contributed by atoms with van der Waals surface area (Å²) in [6.45, 7) is 5.95. The smallest absolute Gasteiger partial charge is 0.305 e. The van der Waals surface area contributed by atoms with Crippen LogP contribution in [0.5, 0.6) is 5.75 Å². The summed E-state index contributed by atoms with van der Waals surface area (Å²) in [5.41, 5.74) is 2.38. The molecule has 3 fully saturated rings. The van der Waals surface area contributed by atoms with Crippen molar-refractivity contribution in [3.63, 3.8) is 0 Å². The number of pyridine rings is 1. The van der Waals surface area contributed by atoms with Gasteiger partial charge in [0.05, 0.1) is 20.4 Å². The number of hydrogen-bond acceptors (Lipinski definition) is 10. The predicted molar refractivity (Wildman–Crippen MR) is 250 cm³/mol. The van der Waals surface area contributed by atoms with Gasteiger partial charge >= 0.3 is 11.9 Å². The number of aromatic hydroxyl groups is 1. The van der Waals surface area contributed by atoms with E-state index in [4.69, 9.17) is 39.5 Å². The lowest BCUT2D eigenvalue weighted by molar-refractivity contribution is -0.142. The third-order valence-corrected chi connectivity index (χ3v) is 12.0. The molecule has 3 saturated heterocycles. The number of aromatic nitrogens is 1. The average molecular weight is 962 g/mol. The van der Waals surface area contributed by atoms with E-state index < -0.39 is 0 Å². The fraction of sp³-hybridized carbons (Fsp3) is 0.435. The van der Waals surface area contributed by atoms with Crippen LogP contribution in [0.4, 0.5) is 17.2 Å². The van der Waals surface area contributed by atoms with Crippen molar-refractivity contribution in [2.75, 3.05) is 68.6 Å². The Morgan fingerprint density at radius 2 is 1.07 bits per heavy atom. The second-order valence-electron chi connectivity index (χ2n) is 15.2. The van der Waals surface area contributed by atoms with Crippen molar-refractivity contribution in [3.05, 3.63) is 111 Å². The molecule has 15 heteroatoms.